The van der Waals surface area contributed by atoms with Gasteiger partial charge in [0.2, 0.25) is 0 Å². The lowest BCUT2D eigenvalue weighted by atomic mass is 10.1. The van der Waals surface area contributed by atoms with E-state index in [1.54, 1.807) is 30.3 Å². The number of nitro groups is 1. The highest BCUT2D eigenvalue weighted by Gasteiger charge is 2.22. The molecule has 0 unspecified atom stereocenters. The second-order valence-corrected chi connectivity index (χ2v) is 7.21. The number of aryl methyl sites for hydroxylation is 1. The SMILES string of the molecule is Cc1cc(Cl)ccc1NC(=O)c1ccc(N2CCCCCC2)c([N+](=O)[O-])c1. The lowest BCUT2D eigenvalue weighted by Crippen LogP contribution is -2.25. The molecule has 1 saturated heterocycles. The number of carbonyl (C=O) groups excluding carboxylic acids is 1. The van der Waals surface area contributed by atoms with Crippen LogP contribution in [0.25, 0.3) is 0 Å². The van der Waals surface area contributed by atoms with Crippen LogP contribution in [-0.4, -0.2) is 23.9 Å². The molecule has 1 heterocycles. The van der Waals surface area contributed by atoms with E-state index < -0.39 is 4.92 Å². The van der Waals surface area contributed by atoms with E-state index in [9.17, 15) is 14.9 Å². The van der Waals surface area contributed by atoms with Gasteiger partial charge in [-0.25, -0.2) is 0 Å². The minimum atomic E-state index is -0.412. The predicted molar refractivity (Wildman–Crippen MR) is 108 cm³/mol. The third-order valence-corrected chi connectivity index (χ3v) is 5.05. The first-order chi connectivity index (χ1) is 13.0. The molecular formula is C20H22ClN3O3. The van der Waals surface area contributed by atoms with Crippen LogP contribution < -0.4 is 10.2 Å². The van der Waals surface area contributed by atoms with E-state index in [0.717, 1.165) is 44.3 Å². The highest BCUT2D eigenvalue weighted by Crippen LogP contribution is 2.31. The van der Waals surface area contributed by atoms with Crippen LogP contribution in [0.2, 0.25) is 5.02 Å². The second kappa shape index (κ2) is 8.39. The summed E-state index contributed by atoms with van der Waals surface area (Å²) in [7, 11) is 0. The van der Waals surface area contributed by atoms with Crippen LogP contribution in [0.3, 0.4) is 0 Å². The second-order valence-electron chi connectivity index (χ2n) is 6.78. The van der Waals surface area contributed by atoms with Crippen molar-refractivity contribution in [3.63, 3.8) is 0 Å². The maximum atomic E-state index is 12.6. The third kappa shape index (κ3) is 4.57. The Balaban J connectivity index is 1.86. The molecule has 2 aromatic carbocycles. The minimum absolute atomic E-state index is 0.0302. The van der Waals surface area contributed by atoms with Crippen molar-refractivity contribution in [1.82, 2.24) is 0 Å². The van der Waals surface area contributed by atoms with E-state index in [1.165, 1.54) is 6.07 Å². The van der Waals surface area contributed by atoms with Crippen LogP contribution in [0.15, 0.2) is 36.4 Å². The summed E-state index contributed by atoms with van der Waals surface area (Å²) in [6.45, 7) is 3.44. The fraction of sp³-hybridized carbons (Fsp3) is 0.350. The molecule has 1 aliphatic rings. The van der Waals surface area contributed by atoms with E-state index in [-0.39, 0.29) is 17.2 Å². The van der Waals surface area contributed by atoms with E-state index in [1.807, 2.05) is 6.92 Å². The highest BCUT2D eigenvalue weighted by molar-refractivity contribution is 6.30. The van der Waals surface area contributed by atoms with Gasteiger partial charge in [0.1, 0.15) is 5.69 Å². The summed E-state index contributed by atoms with van der Waals surface area (Å²) in [6.07, 6.45) is 4.33. The summed E-state index contributed by atoms with van der Waals surface area (Å²) < 4.78 is 0. The molecule has 1 N–H and O–H groups in total. The number of benzene rings is 2. The summed E-state index contributed by atoms with van der Waals surface area (Å²) in [5, 5.41) is 15.0. The van der Waals surface area contributed by atoms with Crippen LogP contribution in [0, 0.1) is 17.0 Å². The van der Waals surface area contributed by atoms with E-state index in [4.69, 9.17) is 11.6 Å². The van der Waals surface area contributed by atoms with Gasteiger partial charge in [0.15, 0.2) is 0 Å². The topological polar surface area (TPSA) is 75.5 Å². The number of rotatable bonds is 4. The number of hydrogen-bond acceptors (Lipinski definition) is 4. The number of nitrogens with zero attached hydrogens (tertiary/aromatic N) is 2. The Hall–Kier alpha value is -2.60. The average Bonchev–Trinajstić information content (AvgIpc) is 2.92. The van der Waals surface area contributed by atoms with Gasteiger partial charge in [-0.15, -0.1) is 0 Å². The summed E-state index contributed by atoms with van der Waals surface area (Å²) in [6, 6.07) is 9.86. The van der Waals surface area contributed by atoms with Crippen LogP contribution in [0.4, 0.5) is 17.1 Å². The van der Waals surface area contributed by atoms with Gasteiger partial charge in [-0.1, -0.05) is 24.4 Å². The highest BCUT2D eigenvalue weighted by atomic mass is 35.5. The molecule has 0 aliphatic carbocycles. The van der Waals surface area contributed by atoms with Crippen molar-refractivity contribution >= 4 is 34.6 Å². The molecule has 6 nitrogen and oxygen atoms in total. The van der Waals surface area contributed by atoms with Gasteiger partial charge in [0.25, 0.3) is 11.6 Å². The van der Waals surface area contributed by atoms with E-state index in [2.05, 4.69) is 10.2 Å². The Morgan fingerprint density at radius 1 is 1.11 bits per heavy atom. The zero-order valence-electron chi connectivity index (χ0n) is 15.2. The van der Waals surface area contributed by atoms with Crippen molar-refractivity contribution in [2.24, 2.45) is 0 Å². The van der Waals surface area contributed by atoms with Crippen LogP contribution in [0.1, 0.15) is 41.6 Å². The molecule has 0 spiro atoms. The monoisotopic (exact) mass is 387 g/mol. The zero-order chi connectivity index (χ0) is 19.4. The molecule has 7 heteroatoms. The van der Waals surface area contributed by atoms with Gasteiger partial charge in [-0.3, -0.25) is 14.9 Å². The van der Waals surface area contributed by atoms with Crippen molar-refractivity contribution in [3.8, 4) is 0 Å². The molecule has 1 aliphatic heterocycles. The van der Waals surface area contributed by atoms with Gasteiger partial charge < -0.3 is 10.2 Å². The first-order valence-electron chi connectivity index (χ1n) is 9.06. The molecule has 0 saturated carbocycles. The molecule has 0 aromatic heterocycles. The summed E-state index contributed by atoms with van der Waals surface area (Å²) in [4.78, 5) is 25.8. The predicted octanol–water partition coefficient (Wildman–Crippen LogP) is 5.19. The molecule has 0 bridgehead atoms. The molecule has 142 valence electrons. The Labute approximate surface area is 163 Å². The quantitative estimate of drug-likeness (QED) is 0.578. The number of amides is 1. The van der Waals surface area contributed by atoms with Crippen molar-refractivity contribution in [2.75, 3.05) is 23.3 Å². The number of carbonyl (C=O) groups is 1. The largest absolute Gasteiger partial charge is 0.366 e. The third-order valence-electron chi connectivity index (χ3n) is 4.82. The molecule has 0 radical (unpaired) electrons. The van der Waals surface area contributed by atoms with Crippen molar-refractivity contribution in [1.29, 1.82) is 0 Å². The minimum Gasteiger partial charge on any atom is -0.366 e. The molecule has 0 atom stereocenters. The Morgan fingerprint density at radius 2 is 1.81 bits per heavy atom. The molecular weight excluding hydrogens is 366 g/mol. The smallest absolute Gasteiger partial charge is 0.293 e. The Bertz CT molecular complexity index is 862. The molecule has 27 heavy (non-hydrogen) atoms. The lowest BCUT2D eigenvalue weighted by Gasteiger charge is -2.22. The van der Waals surface area contributed by atoms with Crippen LogP contribution >= 0.6 is 11.6 Å². The Kier molecular flexibility index (Phi) is 5.96. The normalized spacial score (nSPS) is 14.5. The Morgan fingerprint density at radius 3 is 2.44 bits per heavy atom. The summed E-state index contributed by atoms with van der Waals surface area (Å²) in [5.74, 6) is -0.383. The van der Waals surface area contributed by atoms with E-state index in [0.29, 0.717) is 16.4 Å². The van der Waals surface area contributed by atoms with Crippen LogP contribution in [0.5, 0.6) is 0 Å². The number of halogens is 1. The fourth-order valence-corrected chi connectivity index (χ4v) is 3.58. The van der Waals surface area contributed by atoms with Gasteiger partial charge in [-0.05, 0) is 55.7 Å². The van der Waals surface area contributed by atoms with Crippen molar-refractivity contribution < 1.29 is 9.72 Å². The number of nitrogens with one attached hydrogen (secondary N) is 1. The molecule has 2 aromatic rings. The molecule has 1 fully saturated rings. The lowest BCUT2D eigenvalue weighted by molar-refractivity contribution is -0.384. The maximum Gasteiger partial charge on any atom is 0.293 e. The average molecular weight is 388 g/mol. The van der Waals surface area contributed by atoms with Crippen molar-refractivity contribution in [3.05, 3.63) is 62.7 Å². The standard InChI is InChI=1S/C20H22ClN3O3/c1-14-12-16(21)7-8-17(14)22-20(25)15-6-9-18(19(13-15)24(26)27)23-10-4-2-3-5-11-23/h6-9,12-13H,2-5,10-11H2,1H3,(H,22,25). The van der Waals surface area contributed by atoms with Gasteiger partial charge in [0, 0.05) is 35.4 Å². The van der Waals surface area contributed by atoms with E-state index >= 15 is 0 Å². The molecule has 3 rings (SSSR count). The maximum absolute atomic E-state index is 12.6. The number of nitro benzene ring substituents is 1. The first kappa shape index (κ1) is 19.2. The van der Waals surface area contributed by atoms with Gasteiger partial charge in [0.05, 0.1) is 4.92 Å². The number of hydrogen-bond donors (Lipinski definition) is 1. The van der Waals surface area contributed by atoms with Gasteiger partial charge in [-0.2, -0.15) is 0 Å². The fourth-order valence-electron chi connectivity index (χ4n) is 3.35. The molecule has 1 amide bonds. The van der Waals surface area contributed by atoms with Crippen molar-refractivity contribution in [2.45, 2.75) is 32.6 Å². The first-order valence-corrected chi connectivity index (χ1v) is 9.44. The van der Waals surface area contributed by atoms with Crippen LogP contribution in [-0.2, 0) is 0 Å². The van der Waals surface area contributed by atoms with Gasteiger partial charge >= 0.3 is 0 Å². The number of anilines is 2. The zero-order valence-corrected chi connectivity index (χ0v) is 16.0. The summed E-state index contributed by atoms with van der Waals surface area (Å²) in [5.41, 5.74) is 2.27. The summed E-state index contributed by atoms with van der Waals surface area (Å²) >= 11 is 5.94.